The molecule has 0 spiro atoms. The number of carboxylic acid groups (broad SMARTS) is 1. The van der Waals surface area contributed by atoms with Crippen molar-refractivity contribution in [3.05, 3.63) is 35.9 Å². The molecule has 1 rings (SSSR count). The minimum atomic E-state index is -1.56. The van der Waals surface area contributed by atoms with Crippen molar-refractivity contribution in [2.24, 2.45) is 0 Å². The number of hydrogen-bond acceptors (Lipinski definition) is 4. The monoisotopic (exact) mass is 295 g/mol. The molecule has 116 valence electrons. The first-order valence-corrected chi connectivity index (χ1v) is 6.64. The first kappa shape index (κ1) is 17.0. The molecular weight excluding hydrogens is 274 g/mol. The summed E-state index contributed by atoms with van der Waals surface area (Å²) in [4.78, 5) is 22.6. The Morgan fingerprint density at radius 2 is 1.81 bits per heavy atom. The summed E-state index contributed by atoms with van der Waals surface area (Å²) >= 11 is 0. The molecule has 6 nitrogen and oxygen atoms in total. The van der Waals surface area contributed by atoms with Gasteiger partial charge in [0.1, 0.15) is 5.60 Å². The van der Waals surface area contributed by atoms with Crippen LogP contribution in [0.4, 0.5) is 4.79 Å². The third kappa shape index (κ3) is 6.27. The molecule has 0 aliphatic carbocycles. The lowest BCUT2D eigenvalue weighted by atomic mass is 10.0. The van der Waals surface area contributed by atoms with Gasteiger partial charge in [-0.1, -0.05) is 30.3 Å². The number of carbonyl (C=O) groups excluding carboxylic acids is 1. The highest BCUT2D eigenvalue weighted by Gasteiger charge is 2.25. The molecule has 0 saturated heterocycles. The molecule has 0 bridgehead atoms. The summed E-state index contributed by atoms with van der Waals surface area (Å²) in [5.41, 5.74) is 0.0418. The lowest BCUT2D eigenvalue weighted by Crippen LogP contribution is -2.37. The number of amides is 1. The van der Waals surface area contributed by atoms with Gasteiger partial charge in [-0.25, -0.2) is 9.59 Å². The highest BCUT2D eigenvalue weighted by Crippen LogP contribution is 2.19. The number of carboxylic acids is 1. The van der Waals surface area contributed by atoms with Crippen molar-refractivity contribution in [3.8, 4) is 0 Å². The van der Waals surface area contributed by atoms with Crippen LogP contribution >= 0.6 is 0 Å². The number of hydrogen-bond donors (Lipinski definition) is 3. The maximum atomic E-state index is 11.8. The number of carbonyl (C=O) groups is 2. The Hall–Kier alpha value is -2.08. The van der Waals surface area contributed by atoms with Crippen LogP contribution in [0.2, 0.25) is 0 Å². The van der Waals surface area contributed by atoms with E-state index in [9.17, 15) is 14.7 Å². The predicted molar refractivity (Wildman–Crippen MR) is 76.8 cm³/mol. The molecule has 1 amide bonds. The van der Waals surface area contributed by atoms with Crippen molar-refractivity contribution in [2.45, 2.75) is 44.9 Å². The molecule has 0 heterocycles. The zero-order valence-electron chi connectivity index (χ0n) is 12.4. The zero-order chi connectivity index (χ0) is 16.0. The van der Waals surface area contributed by atoms with Gasteiger partial charge in [-0.05, 0) is 26.3 Å². The smallest absolute Gasteiger partial charge is 0.408 e. The van der Waals surface area contributed by atoms with Crippen LogP contribution in [0.25, 0.3) is 0 Å². The Morgan fingerprint density at radius 1 is 1.24 bits per heavy atom. The van der Waals surface area contributed by atoms with E-state index >= 15 is 0 Å². The average Bonchev–Trinajstić information content (AvgIpc) is 2.36. The topological polar surface area (TPSA) is 95.9 Å². The summed E-state index contributed by atoms with van der Waals surface area (Å²) < 4.78 is 5.15. The molecule has 1 aromatic rings. The number of aliphatic hydroxyl groups excluding tert-OH is 1. The Kier molecular flexibility index (Phi) is 5.72. The van der Waals surface area contributed by atoms with E-state index in [0.29, 0.717) is 5.56 Å². The van der Waals surface area contributed by atoms with E-state index in [1.54, 1.807) is 45.0 Å². The van der Waals surface area contributed by atoms with Gasteiger partial charge in [0.25, 0.3) is 0 Å². The minimum absolute atomic E-state index is 0.140. The van der Waals surface area contributed by atoms with Crippen molar-refractivity contribution in [2.75, 3.05) is 0 Å². The SMILES string of the molecule is CC(C)(C)OC(=O)NC(CC(O)C(=O)O)c1ccccc1. The standard InChI is InChI=1S/C15H21NO5/c1-15(2,3)21-14(20)16-11(9-12(17)13(18)19)10-7-5-4-6-8-10/h4-8,11-12,17H,9H2,1-3H3,(H,16,20)(H,18,19). The second-order valence-electron chi connectivity index (χ2n) is 5.70. The van der Waals surface area contributed by atoms with Gasteiger partial charge in [-0.3, -0.25) is 0 Å². The van der Waals surface area contributed by atoms with Gasteiger partial charge in [0, 0.05) is 6.42 Å². The highest BCUT2D eigenvalue weighted by atomic mass is 16.6. The Morgan fingerprint density at radius 3 is 2.29 bits per heavy atom. The summed E-state index contributed by atoms with van der Waals surface area (Å²) in [5, 5.41) is 20.9. The lowest BCUT2D eigenvalue weighted by molar-refractivity contribution is -0.147. The molecule has 3 N–H and O–H groups in total. The number of ether oxygens (including phenoxy) is 1. The predicted octanol–water partition coefficient (Wildman–Crippen LogP) is 2.09. The lowest BCUT2D eigenvalue weighted by Gasteiger charge is -2.24. The molecule has 0 aliphatic rings. The van der Waals surface area contributed by atoms with Crippen molar-refractivity contribution < 1.29 is 24.5 Å². The van der Waals surface area contributed by atoms with Crippen molar-refractivity contribution in [3.63, 3.8) is 0 Å². The maximum absolute atomic E-state index is 11.8. The van der Waals surface area contributed by atoms with Gasteiger partial charge in [0.05, 0.1) is 6.04 Å². The van der Waals surface area contributed by atoms with Gasteiger partial charge < -0.3 is 20.3 Å². The van der Waals surface area contributed by atoms with Crippen LogP contribution in [0.1, 0.15) is 38.8 Å². The van der Waals surface area contributed by atoms with Gasteiger partial charge in [-0.2, -0.15) is 0 Å². The molecule has 0 saturated carbocycles. The minimum Gasteiger partial charge on any atom is -0.479 e. The molecule has 0 fully saturated rings. The van der Waals surface area contributed by atoms with Crippen LogP contribution in [0.5, 0.6) is 0 Å². The number of aliphatic carboxylic acids is 1. The quantitative estimate of drug-likeness (QED) is 0.773. The summed E-state index contributed by atoms with van der Waals surface area (Å²) in [7, 11) is 0. The van der Waals surface area contributed by atoms with Crippen LogP contribution in [-0.4, -0.2) is 34.0 Å². The molecule has 0 aliphatic heterocycles. The average molecular weight is 295 g/mol. The van der Waals surface area contributed by atoms with Crippen molar-refractivity contribution >= 4 is 12.1 Å². The number of aliphatic hydroxyl groups is 1. The second kappa shape index (κ2) is 7.08. The Balaban J connectivity index is 2.82. The summed E-state index contributed by atoms with van der Waals surface area (Å²) in [6.07, 6.45) is -2.36. The molecular formula is C15H21NO5. The van der Waals surface area contributed by atoms with Gasteiger partial charge in [0.15, 0.2) is 6.10 Å². The summed E-state index contributed by atoms with van der Waals surface area (Å²) in [6.45, 7) is 5.20. The van der Waals surface area contributed by atoms with E-state index in [1.165, 1.54) is 0 Å². The number of rotatable bonds is 5. The third-order valence-corrected chi connectivity index (χ3v) is 2.64. The Labute approximate surface area is 123 Å². The van der Waals surface area contributed by atoms with Gasteiger partial charge in [0.2, 0.25) is 0 Å². The molecule has 0 aromatic heterocycles. The van der Waals surface area contributed by atoms with E-state index in [4.69, 9.17) is 9.84 Å². The van der Waals surface area contributed by atoms with Crippen LogP contribution < -0.4 is 5.32 Å². The number of alkyl carbamates (subject to hydrolysis) is 1. The normalized spacial score (nSPS) is 14.1. The fourth-order valence-corrected chi connectivity index (χ4v) is 1.74. The van der Waals surface area contributed by atoms with Crippen LogP contribution in [-0.2, 0) is 9.53 Å². The Bertz CT molecular complexity index is 481. The molecule has 6 heteroatoms. The van der Waals surface area contributed by atoms with E-state index in [2.05, 4.69) is 5.32 Å². The molecule has 0 radical (unpaired) electrons. The molecule has 2 unspecified atom stereocenters. The first-order valence-electron chi connectivity index (χ1n) is 6.64. The highest BCUT2D eigenvalue weighted by molar-refractivity contribution is 5.72. The number of benzene rings is 1. The number of nitrogens with one attached hydrogen (secondary N) is 1. The largest absolute Gasteiger partial charge is 0.479 e. The fraction of sp³-hybridized carbons (Fsp3) is 0.467. The maximum Gasteiger partial charge on any atom is 0.408 e. The van der Waals surface area contributed by atoms with E-state index in [-0.39, 0.29) is 6.42 Å². The molecule has 2 atom stereocenters. The fourth-order valence-electron chi connectivity index (χ4n) is 1.74. The third-order valence-electron chi connectivity index (χ3n) is 2.64. The van der Waals surface area contributed by atoms with Crippen molar-refractivity contribution in [1.82, 2.24) is 5.32 Å². The zero-order valence-corrected chi connectivity index (χ0v) is 12.4. The van der Waals surface area contributed by atoms with Crippen molar-refractivity contribution in [1.29, 1.82) is 0 Å². The van der Waals surface area contributed by atoms with E-state index < -0.39 is 29.8 Å². The molecule has 21 heavy (non-hydrogen) atoms. The van der Waals surface area contributed by atoms with E-state index in [1.807, 2.05) is 6.07 Å². The van der Waals surface area contributed by atoms with Crippen LogP contribution in [0, 0.1) is 0 Å². The summed E-state index contributed by atoms with van der Waals surface area (Å²) in [5.74, 6) is -1.33. The van der Waals surface area contributed by atoms with Gasteiger partial charge >= 0.3 is 12.1 Å². The summed E-state index contributed by atoms with van der Waals surface area (Å²) in [6, 6.07) is 8.19. The van der Waals surface area contributed by atoms with Crippen LogP contribution in [0.15, 0.2) is 30.3 Å². The molecule has 1 aromatic carbocycles. The van der Waals surface area contributed by atoms with Gasteiger partial charge in [-0.15, -0.1) is 0 Å². The second-order valence-corrected chi connectivity index (χ2v) is 5.70. The van der Waals surface area contributed by atoms with Crippen LogP contribution in [0.3, 0.4) is 0 Å². The van der Waals surface area contributed by atoms with E-state index in [0.717, 1.165) is 0 Å². The first-order chi connectivity index (χ1) is 9.69.